The Bertz CT molecular complexity index is 1870. The summed E-state index contributed by atoms with van der Waals surface area (Å²) in [6.07, 6.45) is -1.87. The molecular weight excluding hydrogens is 583 g/mol. The molecule has 222 valence electrons. The minimum Gasteiger partial charge on any atom is -0.478 e. The lowest BCUT2D eigenvalue weighted by atomic mass is 10.00. The van der Waals surface area contributed by atoms with Crippen LogP contribution in [0.5, 0.6) is 0 Å². The molecule has 5 rings (SSSR count). The number of fused-ring (bicyclic) bond motifs is 1. The Labute approximate surface area is 237 Å². The van der Waals surface area contributed by atoms with Gasteiger partial charge in [0.25, 0.3) is 5.56 Å². The summed E-state index contributed by atoms with van der Waals surface area (Å²) in [4.78, 5) is 49.5. The predicted molar refractivity (Wildman–Crippen MR) is 142 cm³/mol. The molecule has 3 aromatic heterocycles. The molecule has 0 fully saturated rings. The highest BCUT2D eigenvalue weighted by atomic mass is 19.4. The highest BCUT2D eigenvalue weighted by molar-refractivity contribution is 5.95. The smallest absolute Gasteiger partial charge is 0.478 e. The van der Waals surface area contributed by atoms with Gasteiger partial charge in [0.15, 0.2) is 5.65 Å². The number of pyridine rings is 1. The minimum atomic E-state index is -5.08. The van der Waals surface area contributed by atoms with Crippen LogP contribution in [0.1, 0.15) is 21.7 Å². The zero-order valence-corrected chi connectivity index (χ0v) is 21.8. The number of carbonyl (C=O) groups is 2. The number of anilines is 1. The third-order valence-electron chi connectivity index (χ3n) is 5.86. The first-order valence-corrected chi connectivity index (χ1v) is 12.0. The second-order valence-corrected chi connectivity index (χ2v) is 8.74. The number of carboxylic acids is 2. The van der Waals surface area contributed by atoms with E-state index in [-0.39, 0.29) is 29.4 Å². The molecule has 0 bridgehead atoms. The number of H-pyrrole nitrogens is 1. The van der Waals surface area contributed by atoms with Gasteiger partial charge in [-0.05, 0) is 42.8 Å². The van der Waals surface area contributed by atoms with Crippen LogP contribution < -0.4 is 10.9 Å². The molecule has 43 heavy (non-hydrogen) atoms. The van der Waals surface area contributed by atoms with Crippen molar-refractivity contribution >= 4 is 28.9 Å². The molecule has 0 radical (unpaired) electrons. The lowest BCUT2D eigenvalue weighted by molar-refractivity contribution is -0.192. The van der Waals surface area contributed by atoms with Gasteiger partial charge in [0.1, 0.15) is 23.1 Å². The number of carboxylic acid groups (broad SMARTS) is 2. The van der Waals surface area contributed by atoms with Crippen LogP contribution in [0, 0.1) is 18.6 Å². The quantitative estimate of drug-likeness (QED) is 0.202. The van der Waals surface area contributed by atoms with Crippen LogP contribution in [-0.2, 0) is 11.3 Å². The van der Waals surface area contributed by atoms with E-state index in [1.807, 2.05) is 0 Å². The molecule has 3 heterocycles. The molecule has 4 N–H and O–H groups in total. The topological polar surface area (TPSA) is 163 Å². The van der Waals surface area contributed by atoms with Gasteiger partial charge in [-0.3, -0.25) is 9.36 Å². The van der Waals surface area contributed by atoms with Crippen LogP contribution in [0.3, 0.4) is 0 Å². The van der Waals surface area contributed by atoms with Gasteiger partial charge in [0, 0.05) is 29.4 Å². The van der Waals surface area contributed by atoms with Crippen molar-refractivity contribution in [2.24, 2.45) is 0 Å². The zero-order valence-electron chi connectivity index (χ0n) is 21.8. The van der Waals surface area contributed by atoms with Gasteiger partial charge in [-0.2, -0.15) is 18.2 Å². The lowest BCUT2D eigenvalue weighted by Crippen LogP contribution is -2.21. The molecule has 0 spiro atoms. The van der Waals surface area contributed by atoms with E-state index in [4.69, 9.17) is 9.90 Å². The van der Waals surface area contributed by atoms with Crippen LogP contribution in [0.2, 0.25) is 0 Å². The number of aromatic amines is 1. The number of benzene rings is 2. The van der Waals surface area contributed by atoms with E-state index in [1.54, 1.807) is 25.4 Å². The van der Waals surface area contributed by atoms with Crippen molar-refractivity contribution < 1.29 is 41.8 Å². The van der Waals surface area contributed by atoms with E-state index < -0.39 is 41.0 Å². The number of nitrogens with one attached hydrogen (secondary N) is 2. The average molecular weight is 602 g/mol. The maximum Gasteiger partial charge on any atom is 0.490 e. The van der Waals surface area contributed by atoms with Gasteiger partial charge < -0.3 is 20.5 Å². The van der Waals surface area contributed by atoms with E-state index in [0.29, 0.717) is 22.3 Å². The summed E-state index contributed by atoms with van der Waals surface area (Å²) in [5, 5.41) is 19.9. The molecule has 0 atom stereocenters. The van der Waals surface area contributed by atoms with Crippen molar-refractivity contribution in [3.8, 4) is 16.9 Å². The van der Waals surface area contributed by atoms with Crippen LogP contribution in [0.25, 0.3) is 28.0 Å². The standard InChI is InChI=1S/C25H18F2N6O3.C2HF3O2/c1-13-5-6-14(24(35)36)11-16(13)21-15-7-8-20(34)33(22-17(26)3-2-4-18(22)27)23(15)32-25(31-21)30-12-19-28-9-10-29-19;3-2(4,5)1(6)7/h2-11H,12H2,1H3,(H,28,29)(H,35,36)(H,30,31,32);(H,6,7). The van der Waals surface area contributed by atoms with E-state index >= 15 is 0 Å². The van der Waals surface area contributed by atoms with Crippen molar-refractivity contribution in [2.45, 2.75) is 19.6 Å². The first-order chi connectivity index (χ1) is 20.3. The third kappa shape index (κ3) is 6.64. The second-order valence-electron chi connectivity index (χ2n) is 8.74. The SMILES string of the molecule is Cc1ccc(C(=O)O)cc1-c1nc(NCc2ncc[nH]2)nc2c1ccc(=O)n2-c1c(F)cccc1F.O=C(O)C(F)(F)F. The zero-order chi connectivity index (χ0) is 31.5. The van der Waals surface area contributed by atoms with Gasteiger partial charge in [-0.1, -0.05) is 12.1 Å². The van der Waals surface area contributed by atoms with Crippen LogP contribution in [0.4, 0.5) is 27.9 Å². The van der Waals surface area contributed by atoms with Crippen LogP contribution in [0.15, 0.2) is 65.7 Å². The van der Waals surface area contributed by atoms with Gasteiger partial charge in [0.2, 0.25) is 5.95 Å². The summed E-state index contributed by atoms with van der Waals surface area (Å²) in [6.45, 7) is 1.97. The number of nitrogens with zero attached hydrogens (tertiary/aromatic N) is 4. The van der Waals surface area contributed by atoms with Gasteiger partial charge in [-0.25, -0.2) is 28.3 Å². The maximum absolute atomic E-state index is 14.8. The number of alkyl halides is 3. The Morgan fingerprint density at radius 1 is 1.02 bits per heavy atom. The van der Waals surface area contributed by atoms with Crippen molar-refractivity contribution in [1.29, 1.82) is 0 Å². The van der Waals surface area contributed by atoms with Crippen molar-refractivity contribution in [3.63, 3.8) is 0 Å². The molecule has 0 aliphatic rings. The number of aromatic nitrogens is 5. The first kappa shape index (κ1) is 30.3. The Morgan fingerprint density at radius 3 is 2.28 bits per heavy atom. The number of rotatable bonds is 6. The van der Waals surface area contributed by atoms with Crippen molar-refractivity contribution in [1.82, 2.24) is 24.5 Å². The van der Waals surface area contributed by atoms with Crippen LogP contribution in [-0.4, -0.2) is 52.8 Å². The van der Waals surface area contributed by atoms with E-state index in [2.05, 4.69) is 25.3 Å². The summed E-state index contributed by atoms with van der Waals surface area (Å²) < 4.78 is 62.1. The number of para-hydroxylation sites is 1. The highest BCUT2D eigenvalue weighted by Crippen LogP contribution is 2.31. The molecule has 2 aromatic carbocycles. The molecule has 0 saturated heterocycles. The summed E-state index contributed by atoms with van der Waals surface area (Å²) in [6, 6.07) is 10.4. The van der Waals surface area contributed by atoms with Crippen molar-refractivity contribution in [3.05, 3.63) is 99.9 Å². The van der Waals surface area contributed by atoms with Gasteiger partial charge in [0.05, 0.1) is 17.8 Å². The van der Waals surface area contributed by atoms with E-state index in [0.717, 1.165) is 22.8 Å². The number of hydrogen-bond acceptors (Lipinski definition) is 7. The lowest BCUT2D eigenvalue weighted by Gasteiger charge is -2.16. The van der Waals surface area contributed by atoms with Crippen molar-refractivity contribution in [2.75, 3.05) is 5.32 Å². The summed E-state index contributed by atoms with van der Waals surface area (Å²) >= 11 is 0. The van der Waals surface area contributed by atoms with E-state index in [1.165, 1.54) is 24.3 Å². The second kappa shape index (κ2) is 12.1. The van der Waals surface area contributed by atoms with Crippen LogP contribution >= 0.6 is 0 Å². The summed E-state index contributed by atoms with van der Waals surface area (Å²) in [5.41, 5.74) is 0.136. The molecule has 0 amide bonds. The molecule has 16 heteroatoms. The minimum absolute atomic E-state index is 0.0286. The molecule has 11 nitrogen and oxygen atoms in total. The fourth-order valence-corrected chi connectivity index (χ4v) is 3.89. The largest absolute Gasteiger partial charge is 0.490 e. The molecule has 0 aliphatic heterocycles. The number of hydrogen-bond donors (Lipinski definition) is 4. The highest BCUT2D eigenvalue weighted by Gasteiger charge is 2.38. The number of imidazole rings is 1. The normalized spacial score (nSPS) is 11.1. The molecular formula is C27H19F5N6O5. The number of halogens is 5. The average Bonchev–Trinajstić information content (AvgIpc) is 3.46. The van der Waals surface area contributed by atoms with Gasteiger partial charge >= 0.3 is 18.1 Å². The Balaban J connectivity index is 0.000000541. The van der Waals surface area contributed by atoms with E-state index in [9.17, 15) is 36.6 Å². The molecule has 5 aromatic rings. The number of aliphatic carboxylic acids is 1. The first-order valence-electron chi connectivity index (χ1n) is 12.0. The monoisotopic (exact) mass is 602 g/mol. The Kier molecular flexibility index (Phi) is 8.49. The predicted octanol–water partition coefficient (Wildman–Crippen LogP) is 4.70. The van der Waals surface area contributed by atoms with Gasteiger partial charge in [-0.15, -0.1) is 0 Å². The summed E-state index contributed by atoms with van der Waals surface area (Å²) in [5.74, 6) is -5.15. The molecule has 0 aliphatic carbocycles. The fourth-order valence-electron chi connectivity index (χ4n) is 3.89. The summed E-state index contributed by atoms with van der Waals surface area (Å²) in [7, 11) is 0. The third-order valence-corrected chi connectivity index (χ3v) is 5.86. The molecule has 0 unspecified atom stereocenters. The number of aryl methyl sites for hydroxylation is 1. The Morgan fingerprint density at radius 2 is 1.70 bits per heavy atom. The molecule has 0 saturated carbocycles. The maximum atomic E-state index is 14.8. The number of aromatic carboxylic acids is 1. The Hall–Kier alpha value is -5.67. The fraction of sp³-hybridized carbons (Fsp3) is 0.111.